The van der Waals surface area contributed by atoms with Crippen LogP contribution >= 0.6 is 23.2 Å². The Labute approximate surface area is 181 Å². The standard InChI is InChI=1S/C21H15Cl2N5O2/c1-11-20-14(16-6-5-15(30-16)12-3-2-4-13(22)9-12)10-19(29)24-21(20)28(27-11)18-8-7-17(23)25-26-18/h2-9,14H,10H2,1H3,(H,24,29)/t14-/m0/s1. The SMILES string of the molecule is Cc1nn(-c2ccc(Cl)nn2)c2c1[C@H](c1ccc(-c3cccc(Cl)c3)o1)CC(=O)N2. The first-order valence-electron chi connectivity index (χ1n) is 9.24. The van der Waals surface area contributed by atoms with Crippen molar-refractivity contribution in [3.63, 3.8) is 0 Å². The van der Waals surface area contributed by atoms with Crippen molar-refractivity contribution < 1.29 is 9.21 Å². The number of fused-ring (bicyclic) bond motifs is 1. The van der Waals surface area contributed by atoms with E-state index in [0.29, 0.717) is 28.2 Å². The largest absolute Gasteiger partial charge is 0.460 e. The summed E-state index contributed by atoms with van der Waals surface area (Å²) in [6, 6.07) is 14.5. The van der Waals surface area contributed by atoms with Crippen LogP contribution in [0.25, 0.3) is 17.1 Å². The van der Waals surface area contributed by atoms with E-state index in [9.17, 15) is 4.79 Å². The van der Waals surface area contributed by atoms with Crippen molar-refractivity contribution in [1.82, 2.24) is 20.0 Å². The molecule has 1 aliphatic heterocycles. The molecule has 3 aromatic heterocycles. The van der Waals surface area contributed by atoms with Crippen molar-refractivity contribution in [2.45, 2.75) is 19.3 Å². The molecule has 7 nitrogen and oxygen atoms in total. The zero-order valence-electron chi connectivity index (χ0n) is 15.8. The topological polar surface area (TPSA) is 85.8 Å². The van der Waals surface area contributed by atoms with Crippen LogP contribution in [-0.4, -0.2) is 25.9 Å². The van der Waals surface area contributed by atoms with Gasteiger partial charge in [0.25, 0.3) is 0 Å². The molecule has 0 bridgehead atoms. The van der Waals surface area contributed by atoms with Gasteiger partial charge in [-0.2, -0.15) is 9.78 Å². The summed E-state index contributed by atoms with van der Waals surface area (Å²) >= 11 is 11.9. The van der Waals surface area contributed by atoms with Crippen LogP contribution in [0.15, 0.2) is 52.9 Å². The molecule has 4 aromatic rings. The Morgan fingerprint density at radius 3 is 2.77 bits per heavy atom. The van der Waals surface area contributed by atoms with Gasteiger partial charge < -0.3 is 9.73 Å². The second kappa shape index (κ2) is 7.27. The quantitative estimate of drug-likeness (QED) is 0.484. The van der Waals surface area contributed by atoms with Crippen molar-refractivity contribution in [3.8, 4) is 17.1 Å². The molecule has 30 heavy (non-hydrogen) atoms. The molecule has 0 saturated carbocycles. The van der Waals surface area contributed by atoms with Gasteiger partial charge in [0.1, 0.15) is 17.3 Å². The Morgan fingerprint density at radius 2 is 2.00 bits per heavy atom. The summed E-state index contributed by atoms with van der Waals surface area (Å²) in [4.78, 5) is 12.5. The van der Waals surface area contributed by atoms with Gasteiger partial charge in [-0.1, -0.05) is 35.3 Å². The summed E-state index contributed by atoms with van der Waals surface area (Å²) < 4.78 is 7.70. The fourth-order valence-corrected chi connectivity index (χ4v) is 4.01. The van der Waals surface area contributed by atoms with Gasteiger partial charge in [-0.05, 0) is 43.3 Å². The van der Waals surface area contributed by atoms with E-state index in [4.69, 9.17) is 27.6 Å². The fraction of sp³-hybridized carbons (Fsp3) is 0.143. The average Bonchev–Trinajstić information content (AvgIpc) is 3.34. The Morgan fingerprint density at radius 1 is 1.13 bits per heavy atom. The maximum Gasteiger partial charge on any atom is 0.226 e. The third kappa shape index (κ3) is 3.26. The molecule has 5 rings (SSSR count). The smallest absolute Gasteiger partial charge is 0.226 e. The van der Waals surface area contributed by atoms with Crippen LogP contribution < -0.4 is 5.32 Å². The second-order valence-electron chi connectivity index (χ2n) is 6.99. The fourth-order valence-electron chi connectivity index (χ4n) is 3.71. The van der Waals surface area contributed by atoms with Crippen LogP contribution in [0.1, 0.15) is 29.4 Å². The van der Waals surface area contributed by atoms with Crippen LogP contribution in [0.4, 0.5) is 5.82 Å². The predicted octanol–water partition coefficient (Wildman–Crippen LogP) is 5.01. The maximum absolute atomic E-state index is 12.5. The zero-order chi connectivity index (χ0) is 20.8. The highest BCUT2D eigenvalue weighted by molar-refractivity contribution is 6.30. The van der Waals surface area contributed by atoms with Crippen LogP contribution in [-0.2, 0) is 4.79 Å². The number of carbonyl (C=O) groups excluding carboxylic acids is 1. The van der Waals surface area contributed by atoms with Gasteiger partial charge in [-0.3, -0.25) is 4.79 Å². The highest BCUT2D eigenvalue weighted by Crippen LogP contribution is 2.41. The van der Waals surface area contributed by atoms with Crippen LogP contribution in [0.3, 0.4) is 0 Å². The number of nitrogens with zero attached hydrogens (tertiary/aromatic N) is 4. The summed E-state index contributed by atoms with van der Waals surface area (Å²) in [5.41, 5.74) is 2.53. The molecular weight excluding hydrogens is 425 g/mol. The van der Waals surface area contributed by atoms with Gasteiger partial charge in [0.05, 0.1) is 11.6 Å². The lowest BCUT2D eigenvalue weighted by Crippen LogP contribution is -2.24. The number of hydrogen-bond donors (Lipinski definition) is 1. The maximum atomic E-state index is 12.5. The summed E-state index contributed by atoms with van der Waals surface area (Å²) in [6.07, 6.45) is 0.258. The Hall–Kier alpha value is -3.16. The second-order valence-corrected chi connectivity index (χ2v) is 7.81. The van der Waals surface area contributed by atoms with Crippen molar-refractivity contribution in [2.24, 2.45) is 0 Å². The number of carbonyl (C=O) groups is 1. The minimum Gasteiger partial charge on any atom is -0.460 e. The van der Waals surface area contributed by atoms with Crippen LogP contribution in [0.2, 0.25) is 10.2 Å². The number of aromatic nitrogens is 4. The molecule has 4 heterocycles. The third-order valence-corrected chi connectivity index (χ3v) is 5.45. The first kappa shape index (κ1) is 18.8. The van der Waals surface area contributed by atoms with E-state index in [0.717, 1.165) is 16.8 Å². The molecular formula is C21H15Cl2N5O2. The number of amides is 1. The lowest BCUT2D eigenvalue weighted by molar-refractivity contribution is -0.116. The molecule has 150 valence electrons. The number of furan rings is 1. The molecule has 0 unspecified atom stereocenters. The molecule has 1 aliphatic rings. The van der Waals surface area contributed by atoms with E-state index >= 15 is 0 Å². The van der Waals surface area contributed by atoms with Gasteiger partial charge in [0, 0.05) is 22.6 Å². The molecule has 1 N–H and O–H groups in total. The molecule has 9 heteroatoms. The summed E-state index contributed by atoms with van der Waals surface area (Å²) in [5, 5.41) is 16.3. The Balaban J connectivity index is 1.58. The highest BCUT2D eigenvalue weighted by atomic mass is 35.5. The number of anilines is 1. The van der Waals surface area contributed by atoms with Gasteiger partial charge in [-0.15, -0.1) is 10.2 Å². The summed E-state index contributed by atoms with van der Waals surface area (Å²) in [5.74, 6) is 2.00. The number of benzene rings is 1. The number of rotatable bonds is 3. The lowest BCUT2D eigenvalue weighted by Gasteiger charge is -2.22. The number of nitrogens with one attached hydrogen (secondary N) is 1. The monoisotopic (exact) mass is 439 g/mol. The Bertz CT molecular complexity index is 1260. The molecule has 0 fully saturated rings. The number of halogens is 2. The van der Waals surface area contributed by atoms with Crippen molar-refractivity contribution in [3.05, 3.63) is 75.7 Å². The number of hydrogen-bond acceptors (Lipinski definition) is 5. The van der Waals surface area contributed by atoms with E-state index in [2.05, 4.69) is 20.6 Å². The number of aryl methyl sites for hydroxylation is 1. The minimum atomic E-state index is -0.268. The Kier molecular flexibility index (Phi) is 4.56. The molecule has 0 saturated heterocycles. The predicted molar refractivity (Wildman–Crippen MR) is 113 cm³/mol. The molecule has 0 radical (unpaired) electrons. The summed E-state index contributed by atoms with van der Waals surface area (Å²) in [6.45, 7) is 1.89. The molecule has 1 aromatic carbocycles. The van der Waals surface area contributed by atoms with Gasteiger partial charge in [-0.25, -0.2) is 0 Å². The highest BCUT2D eigenvalue weighted by Gasteiger charge is 2.34. The molecule has 0 spiro atoms. The minimum absolute atomic E-state index is 0.128. The van der Waals surface area contributed by atoms with E-state index in [-0.39, 0.29) is 23.4 Å². The summed E-state index contributed by atoms with van der Waals surface area (Å²) in [7, 11) is 0. The molecule has 0 aliphatic carbocycles. The van der Waals surface area contributed by atoms with Crippen LogP contribution in [0.5, 0.6) is 0 Å². The third-order valence-electron chi connectivity index (χ3n) is 5.02. The molecule has 1 amide bonds. The van der Waals surface area contributed by atoms with Gasteiger partial charge in [0.15, 0.2) is 11.0 Å². The molecule has 1 atom stereocenters. The zero-order valence-corrected chi connectivity index (χ0v) is 17.3. The first-order valence-corrected chi connectivity index (χ1v) is 10.00. The van der Waals surface area contributed by atoms with Gasteiger partial charge >= 0.3 is 0 Å². The van der Waals surface area contributed by atoms with Gasteiger partial charge in [0.2, 0.25) is 5.91 Å². The normalized spacial score (nSPS) is 15.7. The van der Waals surface area contributed by atoms with Crippen LogP contribution in [0, 0.1) is 6.92 Å². The average molecular weight is 440 g/mol. The first-order chi connectivity index (χ1) is 14.5. The van der Waals surface area contributed by atoms with E-state index < -0.39 is 0 Å². The van der Waals surface area contributed by atoms with E-state index in [1.807, 2.05) is 43.3 Å². The van der Waals surface area contributed by atoms with E-state index in [1.165, 1.54) is 0 Å². The van der Waals surface area contributed by atoms with Crippen molar-refractivity contribution in [2.75, 3.05) is 5.32 Å². The van der Waals surface area contributed by atoms with Crippen molar-refractivity contribution >= 4 is 34.9 Å². The lowest BCUT2D eigenvalue weighted by atomic mass is 9.90. The van der Waals surface area contributed by atoms with E-state index in [1.54, 1.807) is 16.8 Å². The van der Waals surface area contributed by atoms with Crippen molar-refractivity contribution in [1.29, 1.82) is 0 Å².